The summed E-state index contributed by atoms with van der Waals surface area (Å²) in [7, 11) is 0. The molecule has 0 radical (unpaired) electrons. The Morgan fingerprint density at radius 3 is 3.50 bits per heavy atom. The van der Waals surface area contributed by atoms with Gasteiger partial charge in [0.2, 0.25) is 0 Å². The molecule has 0 aromatic heterocycles. The van der Waals surface area contributed by atoms with Gasteiger partial charge >= 0.3 is 0 Å². The van der Waals surface area contributed by atoms with Gasteiger partial charge in [0, 0.05) is 24.4 Å². The molecule has 0 atom stereocenters. The van der Waals surface area contributed by atoms with E-state index in [1.165, 1.54) is 11.9 Å². The van der Waals surface area contributed by atoms with Gasteiger partial charge in [0.1, 0.15) is 0 Å². The zero-order chi connectivity index (χ0) is 5.66. The summed E-state index contributed by atoms with van der Waals surface area (Å²) < 4.78 is 3.92. The van der Waals surface area contributed by atoms with Crippen molar-refractivity contribution in [2.45, 2.75) is 0 Å². The molecule has 1 rings (SSSR count). The zero-order valence-corrected chi connectivity index (χ0v) is 5.14. The van der Waals surface area contributed by atoms with Gasteiger partial charge in [-0.1, -0.05) is 0 Å². The Balaban J connectivity index is 2.51. The largest absolute Gasteiger partial charge is 0.287 e. The predicted octanol–water partition coefficient (Wildman–Crippen LogP) is 1.30. The minimum Gasteiger partial charge on any atom is -0.287 e. The summed E-state index contributed by atoms with van der Waals surface area (Å²) in [5.41, 5.74) is 0. The zero-order valence-electron chi connectivity index (χ0n) is 4.32. The van der Waals surface area contributed by atoms with Crippen LogP contribution in [0.2, 0.25) is 0 Å². The van der Waals surface area contributed by atoms with E-state index in [2.05, 4.69) is 9.39 Å². The molecule has 0 saturated carbocycles. The van der Waals surface area contributed by atoms with Gasteiger partial charge in [0.05, 0.1) is 6.54 Å². The first-order chi connectivity index (χ1) is 4.00. The van der Waals surface area contributed by atoms with Crippen molar-refractivity contribution in [2.24, 2.45) is 9.39 Å². The molecule has 1 aliphatic heterocycles. The summed E-state index contributed by atoms with van der Waals surface area (Å²) >= 11 is 1.43. The van der Waals surface area contributed by atoms with Crippen LogP contribution in [0.4, 0.5) is 0 Å². The molecule has 0 N–H and O–H groups in total. The molecule has 0 bridgehead atoms. The molecule has 1 aliphatic rings. The van der Waals surface area contributed by atoms with Crippen molar-refractivity contribution in [2.75, 3.05) is 6.54 Å². The first-order valence-corrected chi connectivity index (χ1v) is 3.16. The van der Waals surface area contributed by atoms with Crippen molar-refractivity contribution in [3.05, 3.63) is 11.5 Å². The van der Waals surface area contributed by atoms with Crippen molar-refractivity contribution < 1.29 is 0 Å². The van der Waals surface area contributed by atoms with Crippen LogP contribution in [-0.2, 0) is 0 Å². The first-order valence-electron chi connectivity index (χ1n) is 2.33. The SMILES string of the molecule is C1=C\S/N=C\C\N=C/1. The number of rotatable bonds is 0. The molecule has 0 unspecified atom stereocenters. The van der Waals surface area contributed by atoms with Gasteiger partial charge in [-0.05, 0) is 11.5 Å². The fourth-order valence-electron chi connectivity index (χ4n) is 0.351. The van der Waals surface area contributed by atoms with E-state index in [1.54, 1.807) is 12.4 Å². The molecule has 8 heavy (non-hydrogen) atoms. The van der Waals surface area contributed by atoms with Crippen molar-refractivity contribution in [3.63, 3.8) is 0 Å². The number of hydrogen-bond donors (Lipinski definition) is 0. The summed E-state index contributed by atoms with van der Waals surface area (Å²) in [6.45, 7) is 0.706. The Morgan fingerprint density at radius 1 is 1.50 bits per heavy atom. The van der Waals surface area contributed by atoms with Crippen LogP contribution in [0.15, 0.2) is 20.9 Å². The lowest BCUT2D eigenvalue weighted by atomic mass is 10.6. The van der Waals surface area contributed by atoms with E-state index in [0.717, 1.165) is 0 Å². The van der Waals surface area contributed by atoms with Crippen molar-refractivity contribution in [1.82, 2.24) is 0 Å². The van der Waals surface area contributed by atoms with Crippen molar-refractivity contribution in [3.8, 4) is 0 Å². The second-order valence-electron chi connectivity index (χ2n) is 1.24. The molecule has 1 heterocycles. The molecule has 0 amide bonds. The quantitative estimate of drug-likeness (QED) is 0.449. The Morgan fingerprint density at radius 2 is 2.50 bits per heavy atom. The third-order valence-corrected chi connectivity index (χ3v) is 1.20. The summed E-state index contributed by atoms with van der Waals surface area (Å²) in [5, 5.41) is 1.89. The molecular weight excluding hydrogens is 120 g/mol. The highest BCUT2D eigenvalue weighted by Crippen LogP contribution is 2.01. The van der Waals surface area contributed by atoms with Gasteiger partial charge in [-0.3, -0.25) is 4.99 Å². The smallest absolute Gasteiger partial charge is 0.0749 e. The van der Waals surface area contributed by atoms with E-state index in [9.17, 15) is 0 Å². The second-order valence-corrected chi connectivity index (χ2v) is 1.93. The van der Waals surface area contributed by atoms with Gasteiger partial charge in [-0.2, -0.15) is 0 Å². The number of hydrogen-bond acceptors (Lipinski definition) is 3. The third kappa shape index (κ3) is 1.93. The Hall–Kier alpha value is -0.570. The second kappa shape index (κ2) is 3.43. The maximum absolute atomic E-state index is 3.96. The highest BCUT2D eigenvalue weighted by molar-refractivity contribution is 8.01. The van der Waals surface area contributed by atoms with E-state index >= 15 is 0 Å². The highest BCUT2D eigenvalue weighted by atomic mass is 32.2. The molecule has 42 valence electrons. The number of nitrogens with zero attached hydrogens (tertiary/aromatic N) is 2. The van der Waals surface area contributed by atoms with Gasteiger partial charge in [-0.25, -0.2) is 4.40 Å². The van der Waals surface area contributed by atoms with Gasteiger partial charge < -0.3 is 0 Å². The van der Waals surface area contributed by atoms with Gasteiger partial charge in [0.25, 0.3) is 0 Å². The number of allylic oxidation sites excluding steroid dienone is 1. The Bertz CT molecular complexity index is 121. The van der Waals surface area contributed by atoms with E-state index in [4.69, 9.17) is 0 Å². The molecular formula is C5H6N2S. The molecule has 0 aliphatic carbocycles. The molecule has 3 heteroatoms. The lowest BCUT2D eigenvalue weighted by Crippen LogP contribution is -1.80. The van der Waals surface area contributed by atoms with Crippen LogP contribution in [0.5, 0.6) is 0 Å². The lowest BCUT2D eigenvalue weighted by molar-refractivity contribution is 1.35. The maximum atomic E-state index is 3.96. The average Bonchev–Trinajstić information content (AvgIpc) is 1.62. The van der Waals surface area contributed by atoms with E-state index in [0.29, 0.717) is 6.54 Å². The fraction of sp³-hybridized carbons (Fsp3) is 0.200. The van der Waals surface area contributed by atoms with Crippen LogP contribution < -0.4 is 0 Å². The summed E-state index contributed by atoms with van der Waals surface area (Å²) in [6.07, 6.45) is 5.43. The minimum atomic E-state index is 0.706. The topological polar surface area (TPSA) is 24.7 Å². The predicted molar refractivity (Wildman–Crippen MR) is 38.6 cm³/mol. The molecule has 0 aromatic carbocycles. The van der Waals surface area contributed by atoms with Crippen LogP contribution in [0.3, 0.4) is 0 Å². The fourth-order valence-corrected chi connectivity index (χ4v) is 0.714. The van der Waals surface area contributed by atoms with Crippen LogP contribution in [0, 0.1) is 0 Å². The summed E-state index contributed by atoms with van der Waals surface area (Å²) in [5.74, 6) is 0. The van der Waals surface area contributed by atoms with Crippen molar-refractivity contribution >= 4 is 24.4 Å². The average molecular weight is 126 g/mol. The van der Waals surface area contributed by atoms with Crippen LogP contribution in [-0.4, -0.2) is 19.0 Å². The maximum Gasteiger partial charge on any atom is 0.0749 e. The van der Waals surface area contributed by atoms with Crippen LogP contribution in [0.25, 0.3) is 0 Å². The first kappa shape index (κ1) is 5.56. The minimum absolute atomic E-state index is 0.706. The molecule has 0 spiro atoms. The van der Waals surface area contributed by atoms with Crippen LogP contribution in [0.1, 0.15) is 0 Å². The van der Waals surface area contributed by atoms with Gasteiger partial charge in [0.15, 0.2) is 0 Å². The summed E-state index contributed by atoms with van der Waals surface area (Å²) in [4.78, 5) is 3.96. The Labute approximate surface area is 52.6 Å². The normalized spacial score (nSPS) is 30.0. The van der Waals surface area contributed by atoms with Crippen LogP contribution >= 0.6 is 11.9 Å². The lowest BCUT2D eigenvalue weighted by Gasteiger charge is -1.84. The standard InChI is InChI=1S/C5H6N2S/c1-2-6-3-4-7-8-5-1/h1-2,4-5H,3H2/b5-1-,6-2-,7-4-. The number of aliphatic imine (C=N–C) groups is 1. The molecule has 2 nitrogen and oxygen atoms in total. The highest BCUT2D eigenvalue weighted by Gasteiger charge is 1.75. The summed E-state index contributed by atoms with van der Waals surface area (Å²) in [6, 6.07) is 0. The molecule has 0 fully saturated rings. The van der Waals surface area contributed by atoms with E-state index in [1.807, 2.05) is 11.5 Å². The molecule has 0 aromatic rings. The van der Waals surface area contributed by atoms with Crippen molar-refractivity contribution in [1.29, 1.82) is 0 Å². The Kier molecular flexibility index (Phi) is 2.39. The third-order valence-electron chi connectivity index (χ3n) is 0.653. The molecule has 0 saturated heterocycles. The van der Waals surface area contributed by atoms with Gasteiger partial charge in [-0.15, -0.1) is 0 Å². The van der Waals surface area contributed by atoms with E-state index in [-0.39, 0.29) is 0 Å². The van der Waals surface area contributed by atoms with E-state index < -0.39 is 0 Å². The monoisotopic (exact) mass is 126 g/mol.